The zero-order chi connectivity index (χ0) is 50.5. The molecule has 2 aliphatic rings. The van der Waals surface area contributed by atoms with E-state index in [1.54, 1.807) is 30.3 Å². The van der Waals surface area contributed by atoms with Crippen molar-refractivity contribution in [2.75, 3.05) is 53.4 Å². The average Bonchev–Trinajstić information content (AvgIpc) is 3.77. The number of carbonyl (C=O) groups is 7. The first-order valence-corrected chi connectivity index (χ1v) is 24.8. The summed E-state index contributed by atoms with van der Waals surface area (Å²) in [4.78, 5) is 98.8. The van der Waals surface area contributed by atoms with Crippen LogP contribution in [-0.2, 0) is 40.0 Å². The topological polar surface area (TPSA) is 280 Å². The molecule has 19 heteroatoms. The number of fused-ring (bicyclic) bond motifs is 5. The molecule has 19 nitrogen and oxygen atoms in total. The lowest BCUT2D eigenvalue weighted by Crippen LogP contribution is -2.58. The summed E-state index contributed by atoms with van der Waals surface area (Å²) >= 11 is 0. The van der Waals surface area contributed by atoms with E-state index in [1.165, 1.54) is 82.3 Å². The van der Waals surface area contributed by atoms with Gasteiger partial charge in [0.2, 0.25) is 41.4 Å². The van der Waals surface area contributed by atoms with Gasteiger partial charge in [0.25, 0.3) is 0 Å². The molecule has 1 saturated heterocycles. The molecule has 0 aromatic heterocycles. The minimum Gasteiger partial charge on any atom is -0.507 e. The molecule has 0 spiro atoms. The number of aromatic hydroxyl groups is 1. The molecule has 4 rings (SSSR count). The van der Waals surface area contributed by atoms with Gasteiger partial charge < -0.3 is 63.0 Å². The number of nitrogens with two attached hydrogens (primary N) is 2. The normalized spacial score (nSPS) is 19.0. The minimum absolute atomic E-state index is 0.0988. The summed E-state index contributed by atoms with van der Waals surface area (Å²) in [5.74, 6) is -3.75. The first-order valence-electron chi connectivity index (χ1n) is 24.8. The van der Waals surface area contributed by atoms with Crippen molar-refractivity contribution >= 4 is 41.4 Å². The molecule has 11 N–H and O–H groups in total. The van der Waals surface area contributed by atoms with Crippen molar-refractivity contribution in [1.29, 1.82) is 0 Å². The smallest absolute Gasteiger partial charge is 0.248 e. The summed E-state index contributed by atoms with van der Waals surface area (Å²) in [7, 11) is 2.94. The number of hydrogen-bond acceptors (Lipinski definition) is 12. The van der Waals surface area contributed by atoms with Crippen molar-refractivity contribution in [3.63, 3.8) is 0 Å². The van der Waals surface area contributed by atoms with Crippen molar-refractivity contribution in [2.24, 2.45) is 11.5 Å². The van der Waals surface area contributed by atoms with Gasteiger partial charge in [0, 0.05) is 57.7 Å². The monoisotopic (exact) mass is 963 g/mol. The maximum atomic E-state index is 14.6. The fourth-order valence-electron chi connectivity index (χ4n) is 8.69. The van der Waals surface area contributed by atoms with Gasteiger partial charge in [-0.15, -0.1) is 0 Å². The van der Waals surface area contributed by atoms with Gasteiger partial charge in [0.05, 0.1) is 0 Å². The SMILES string of the molecule is CCCCCCCCCCNCCC(=O)NC(CCCCN)C(=O)N(C)C1C(=O)NC(C)C(=O)NC(C(=O)NC(C)C(=O)N(C)C2CCNC2=O)Cc2ccc(O)c(c2)-c2cc1ccc2OCCN. The third-order valence-electron chi connectivity index (χ3n) is 12.7. The second-order valence-electron chi connectivity index (χ2n) is 18.2. The molecule has 2 aliphatic heterocycles. The summed E-state index contributed by atoms with van der Waals surface area (Å²) in [6.45, 7) is 7.42. The Kier molecular flexibility index (Phi) is 23.2. The molecule has 6 atom stereocenters. The summed E-state index contributed by atoms with van der Waals surface area (Å²) in [5, 5.41) is 28.4. The van der Waals surface area contributed by atoms with Gasteiger partial charge in [-0.1, -0.05) is 64.0 Å². The molecule has 0 saturated carbocycles. The van der Waals surface area contributed by atoms with E-state index in [1.807, 2.05) is 0 Å². The van der Waals surface area contributed by atoms with Crippen LogP contribution in [0.5, 0.6) is 11.5 Å². The third kappa shape index (κ3) is 16.7. The second kappa shape index (κ2) is 28.6. The van der Waals surface area contributed by atoms with Gasteiger partial charge in [-0.05, 0) is 94.4 Å². The summed E-state index contributed by atoms with van der Waals surface area (Å²) in [6, 6.07) is 2.79. The van der Waals surface area contributed by atoms with E-state index >= 15 is 0 Å². The molecule has 0 aliphatic carbocycles. The fraction of sp³-hybridized carbons (Fsp3) is 0.620. The highest BCUT2D eigenvalue weighted by Gasteiger charge is 2.37. The van der Waals surface area contributed by atoms with Gasteiger partial charge in [0.1, 0.15) is 54.4 Å². The van der Waals surface area contributed by atoms with E-state index in [4.69, 9.17) is 16.2 Å². The highest BCUT2D eigenvalue weighted by Crippen LogP contribution is 2.39. The van der Waals surface area contributed by atoms with Crippen molar-refractivity contribution in [3.8, 4) is 22.6 Å². The van der Waals surface area contributed by atoms with Gasteiger partial charge in [-0.2, -0.15) is 0 Å². The Hall–Kier alpha value is -5.79. The molecular weight excluding hydrogens is 885 g/mol. The van der Waals surface area contributed by atoms with Gasteiger partial charge in [-0.25, -0.2) is 0 Å². The highest BCUT2D eigenvalue weighted by molar-refractivity contribution is 5.98. The van der Waals surface area contributed by atoms with Crippen molar-refractivity contribution in [1.82, 2.24) is 41.7 Å². The van der Waals surface area contributed by atoms with Crippen molar-refractivity contribution < 1.29 is 43.4 Å². The number of hydrogen-bond donors (Lipinski definition) is 9. The Bertz CT molecular complexity index is 2050. The Morgan fingerprint density at radius 3 is 2.22 bits per heavy atom. The van der Waals surface area contributed by atoms with Crippen LogP contribution in [0, 0.1) is 0 Å². The van der Waals surface area contributed by atoms with Gasteiger partial charge in [-0.3, -0.25) is 33.6 Å². The Labute approximate surface area is 407 Å². The molecule has 4 bridgehead atoms. The first-order chi connectivity index (χ1) is 33.1. The summed E-state index contributed by atoms with van der Waals surface area (Å²) in [5.41, 5.74) is 13.0. The number of nitrogens with one attached hydrogen (secondary N) is 6. The van der Waals surface area contributed by atoms with Crippen molar-refractivity contribution in [3.05, 3.63) is 47.5 Å². The maximum absolute atomic E-state index is 14.6. The molecule has 382 valence electrons. The van der Waals surface area contributed by atoms with E-state index < -0.39 is 65.8 Å². The number of likely N-dealkylation sites (N-methyl/N-ethyl adjacent to an activating group) is 2. The van der Waals surface area contributed by atoms with Crippen LogP contribution in [0.25, 0.3) is 11.1 Å². The number of nitrogens with zero attached hydrogens (tertiary/aromatic N) is 2. The molecule has 6 unspecified atom stereocenters. The molecule has 7 amide bonds. The minimum atomic E-state index is -1.38. The first kappa shape index (κ1) is 55.8. The van der Waals surface area contributed by atoms with Crippen LogP contribution < -0.4 is 48.1 Å². The number of phenols is 1. The molecule has 1 fully saturated rings. The molecule has 2 heterocycles. The van der Waals surface area contributed by atoms with Crippen LogP contribution in [0.1, 0.15) is 121 Å². The average molecular weight is 963 g/mol. The number of rotatable bonds is 26. The van der Waals surface area contributed by atoms with Crippen LogP contribution in [0.3, 0.4) is 0 Å². The maximum Gasteiger partial charge on any atom is 0.248 e. The summed E-state index contributed by atoms with van der Waals surface area (Å²) < 4.78 is 6.03. The van der Waals surface area contributed by atoms with Crippen LogP contribution in [0.15, 0.2) is 36.4 Å². The zero-order valence-corrected chi connectivity index (χ0v) is 41.3. The summed E-state index contributed by atoms with van der Waals surface area (Å²) in [6.07, 6.45) is 11.4. The second-order valence-corrected chi connectivity index (χ2v) is 18.2. The van der Waals surface area contributed by atoms with Gasteiger partial charge >= 0.3 is 0 Å². The number of phenolic OH excluding ortho intramolecular Hbond substituents is 1. The zero-order valence-electron chi connectivity index (χ0n) is 41.3. The lowest BCUT2D eigenvalue weighted by molar-refractivity contribution is -0.143. The van der Waals surface area contributed by atoms with E-state index in [-0.39, 0.29) is 55.5 Å². The van der Waals surface area contributed by atoms with Crippen LogP contribution in [0.2, 0.25) is 0 Å². The predicted molar refractivity (Wildman–Crippen MR) is 264 cm³/mol. The molecule has 69 heavy (non-hydrogen) atoms. The Morgan fingerprint density at radius 2 is 1.54 bits per heavy atom. The van der Waals surface area contributed by atoms with Crippen LogP contribution in [0.4, 0.5) is 0 Å². The number of unbranched alkanes of at least 4 members (excludes halogenated alkanes) is 8. The molecule has 0 radical (unpaired) electrons. The molecular formula is C50H78N10O9. The Balaban J connectivity index is 1.62. The van der Waals surface area contributed by atoms with Crippen molar-refractivity contribution in [2.45, 2.75) is 147 Å². The van der Waals surface area contributed by atoms with Crippen LogP contribution >= 0.6 is 0 Å². The third-order valence-corrected chi connectivity index (χ3v) is 12.7. The number of ether oxygens (including phenoxy) is 1. The van der Waals surface area contributed by atoms with Crippen LogP contribution in [-0.4, -0.2) is 140 Å². The van der Waals surface area contributed by atoms with E-state index in [9.17, 15) is 38.7 Å². The largest absolute Gasteiger partial charge is 0.507 e. The van der Waals surface area contributed by atoms with Gasteiger partial charge in [0.15, 0.2) is 0 Å². The predicted octanol–water partition coefficient (Wildman–Crippen LogP) is 2.03. The fourth-order valence-corrected chi connectivity index (χ4v) is 8.69. The molecule has 2 aromatic carbocycles. The Morgan fingerprint density at radius 1 is 0.812 bits per heavy atom. The standard InChI is InChI=1S/C50H78N10O9/c1-6-7-8-9-10-11-12-15-25-53-26-22-43(62)57-38(16-13-14-23-51)50(68)60(5)44-35-18-20-42(69-28-24-52)37(31-35)36-29-34(17-19-41(36)61)30-39(58-45(63)32(2)55-48(44)66)46(64)56-33(3)49(67)59(4)40-21-27-54-47(40)65/h17-20,29,31-33,38-40,44,53,61H,6-16,21-28,30,51-52H2,1-5H3,(H,54,65)(H,55,66)(H,56,64)(H,57,62)(H,58,63). The lowest BCUT2D eigenvalue weighted by atomic mass is 9.93. The number of amides is 7. The van der Waals surface area contributed by atoms with E-state index in [2.05, 4.69) is 38.8 Å². The quantitative estimate of drug-likeness (QED) is 0.0613. The highest BCUT2D eigenvalue weighted by atomic mass is 16.5. The molecule has 2 aromatic rings. The lowest BCUT2D eigenvalue weighted by Gasteiger charge is -2.33. The van der Waals surface area contributed by atoms with E-state index in [0.717, 1.165) is 19.4 Å². The number of benzene rings is 2. The van der Waals surface area contributed by atoms with E-state index in [0.29, 0.717) is 61.3 Å². The number of carbonyl (C=O) groups excluding carboxylic acids is 7.